The van der Waals surface area contributed by atoms with Gasteiger partial charge >= 0.3 is 0 Å². The predicted molar refractivity (Wildman–Crippen MR) is 101 cm³/mol. The predicted octanol–water partition coefficient (Wildman–Crippen LogP) is 3.39. The van der Waals surface area contributed by atoms with Crippen LogP contribution in [0.25, 0.3) is 6.08 Å². The van der Waals surface area contributed by atoms with Crippen molar-refractivity contribution >= 4 is 29.6 Å². The van der Waals surface area contributed by atoms with Gasteiger partial charge in [-0.15, -0.1) is 0 Å². The molecule has 6 nitrogen and oxygen atoms in total. The number of rotatable bonds is 7. The average molecular weight is 394 g/mol. The van der Waals surface area contributed by atoms with E-state index < -0.39 is 6.43 Å². The van der Waals surface area contributed by atoms with Crippen LogP contribution in [0.15, 0.2) is 29.3 Å². The molecule has 0 aromatic carbocycles. The molecule has 2 aromatic heterocycles. The van der Waals surface area contributed by atoms with E-state index in [1.54, 1.807) is 0 Å². The molecule has 0 radical (unpaired) electrons. The number of alkyl halides is 2. The first-order valence-corrected chi connectivity index (χ1v) is 9.22. The molecule has 0 bridgehead atoms. The fourth-order valence-electron chi connectivity index (χ4n) is 2.82. The van der Waals surface area contributed by atoms with Gasteiger partial charge in [-0.2, -0.15) is 0 Å². The number of fused-ring (bicyclic) bond motifs is 1. The number of halogens is 2. The Morgan fingerprint density at radius 2 is 2.26 bits per heavy atom. The third-order valence-electron chi connectivity index (χ3n) is 4.17. The summed E-state index contributed by atoms with van der Waals surface area (Å²) < 4.78 is 30.7. The normalized spacial score (nSPS) is 13.9. The lowest BCUT2D eigenvalue weighted by Crippen LogP contribution is -2.22. The van der Waals surface area contributed by atoms with E-state index in [1.165, 1.54) is 30.3 Å². The number of aliphatic hydroxyl groups is 1. The number of nitrogens with zero attached hydrogens (tertiary/aromatic N) is 2. The molecule has 3 heterocycles. The van der Waals surface area contributed by atoms with Gasteiger partial charge < -0.3 is 15.0 Å². The smallest absolute Gasteiger partial charge is 0.280 e. The molecular weight excluding hydrogens is 374 g/mol. The lowest BCUT2D eigenvalue weighted by molar-refractivity contribution is 0.101. The van der Waals surface area contributed by atoms with E-state index in [9.17, 15) is 18.7 Å². The van der Waals surface area contributed by atoms with Gasteiger partial charge in [0.1, 0.15) is 11.4 Å². The summed E-state index contributed by atoms with van der Waals surface area (Å²) in [7, 11) is 0. The molecule has 1 atom stereocenters. The Balaban J connectivity index is 1.86. The Bertz CT molecular complexity index is 882. The molecule has 0 aliphatic carbocycles. The SMILES string of the molecule is Cc1c(SNC(C)CO)c2n(c1C(=O)Nc1ccnc(C(F)F)c1)CC=C2. The molecule has 1 aliphatic rings. The number of nitrogens with one attached hydrogen (secondary N) is 2. The summed E-state index contributed by atoms with van der Waals surface area (Å²) in [6, 6.07) is 2.55. The minimum Gasteiger partial charge on any atom is -0.395 e. The van der Waals surface area contributed by atoms with Crippen LogP contribution < -0.4 is 10.0 Å². The highest BCUT2D eigenvalue weighted by atomic mass is 32.2. The summed E-state index contributed by atoms with van der Waals surface area (Å²) in [5, 5.41) is 11.9. The van der Waals surface area contributed by atoms with Gasteiger partial charge in [0, 0.05) is 24.5 Å². The largest absolute Gasteiger partial charge is 0.395 e. The highest BCUT2D eigenvalue weighted by molar-refractivity contribution is 7.97. The highest BCUT2D eigenvalue weighted by Gasteiger charge is 2.26. The lowest BCUT2D eigenvalue weighted by atomic mass is 10.2. The maximum Gasteiger partial charge on any atom is 0.280 e. The van der Waals surface area contributed by atoms with E-state index in [0.717, 1.165) is 16.2 Å². The van der Waals surface area contributed by atoms with Crippen LogP contribution in [0.4, 0.5) is 14.5 Å². The van der Waals surface area contributed by atoms with Crippen molar-refractivity contribution in [2.45, 2.75) is 37.8 Å². The summed E-state index contributed by atoms with van der Waals surface area (Å²) in [5.74, 6) is -0.370. The van der Waals surface area contributed by atoms with Crippen LogP contribution >= 0.6 is 11.9 Å². The summed E-state index contributed by atoms with van der Waals surface area (Å²) in [6.07, 6.45) is 2.44. The molecule has 3 N–H and O–H groups in total. The molecule has 2 aromatic rings. The van der Waals surface area contributed by atoms with Gasteiger partial charge in [0.2, 0.25) is 0 Å². The van der Waals surface area contributed by atoms with Crippen LogP contribution in [0.2, 0.25) is 0 Å². The van der Waals surface area contributed by atoms with E-state index in [2.05, 4.69) is 15.0 Å². The summed E-state index contributed by atoms with van der Waals surface area (Å²) in [5.41, 5.74) is 2.06. The Labute approximate surface area is 159 Å². The van der Waals surface area contributed by atoms with Crippen molar-refractivity contribution in [3.63, 3.8) is 0 Å². The van der Waals surface area contributed by atoms with Crippen molar-refractivity contribution in [1.29, 1.82) is 0 Å². The summed E-state index contributed by atoms with van der Waals surface area (Å²) in [4.78, 5) is 17.3. The second-order valence-corrected chi connectivity index (χ2v) is 7.08. The number of carbonyl (C=O) groups is 1. The van der Waals surface area contributed by atoms with Gasteiger partial charge in [-0.25, -0.2) is 8.78 Å². The van der Waals surface area contributed by atoms with Crippen molar-refractivity contribution in [2.24, 2.45) is 0 Å². The zero-order chi connectivity index (χ0) is 19.6. The average Bonchev–Trinajstić information content (AvgIpc) is 3.20. The highest BCUT2D eigenvalue weighted by Crippen LogP contribution is 2.34. The number of anilines is 1. The van der Waals surface area contributed by atoms with Crippen LogP contribution in [0.1, 0.15) is 40.8 Å². The molecule has 0 spiro atoms. The summed E-state index contributed by atoms with van der Waals surface area (Å²) >= 11 is 1.36. The van der Waals surface area contributed by atoms with Crippen molar-refractivity contribution < 1.29 is 18.7 Å². The molecule has 144 valence electrons. The van der Waals surface area contributed by atoms with Crippen molar-refractivity contribution in [3.05, 3.63) is 47.1 Å². The number of carbonyl (C=O) groups excluding carboxylic acids is 1. The maximum absolute atomic E-state index is 12.8. The maximum atomic E-state index is 12.8. The van der Waals surface area contributed by atoms with E-state index in [-0.39, 0.29) is 29.9 Å². The molecule has 0 saturated carbocycles. The molecule has 3 rings (SSSR count). The van der Waals surface area contributed by atoms with Crippen LogP contribution in [-0.4, -0.2) is 33.2 Å². The minimum absolute atomic E-state index is 0.000213. The van der Waals surface area contributed by atoms with Gasteiger partial charge in [-0.05, 0) is 49.6 Å². The molecule has 9 heteroatoms. The fraction of sp³-hybridized carbons (Fsp3) is 0.333. The second kappa shape index (κ2) is 8.20. The van der Waals surface area contributed by atoms with E-state index in [4.69, 9.17) is 0 Å². The molecule has 27 heavy (non-hydrogen) atoms. The van der Waals surface area contributed by atoms with Gasteiger partial charge in [0.15, 0.2) is 0 Å². The first kappa shape index (κ1) is 19.5. The number of hydrogen-bond donors (Lipinski definition) is 3. The Hall–Kier alpha value is -2.23. The number of pyridine rings is 1. The van der Waals surface area contributed by atoms with Crippen molar-refractivity contribution in [1.82, 2.24) is 14.3 Å². The molecule has 1 aliphatic heterocycles. The van der Waals surface area contributed by atoms with Crippen molar-refractivity contribution in [3.8, 4) is 0 Å². The van der Waals surface area contributed by atoms with Crippen LogP contribution in [0, 0.1) is 6.92 Å². The Morgan fingerprint density at radius 3 is 2.96 bits per heavy atom. The first-order valence-electron chi connectivity index (χ1n) is 8.40. The minimum atomic E-state index is -2.70. The molecule has 1 amide bonds. The number of amides is 1. The van der Waals surface area contributed by atoms with Crippen LogP contribution in [0.3, 0.4) is 0 Å². The zero-order valence-corrected chi connectivity index (χ0v) is 15.7. The molecule has 0 saturated heterocycles. The summed E-state index contributed by atoms with van der Waals surface area (Å²) in [6.45, 7) is 4.26. The third kappa shape index (κ3) is 4.05. The van der Waals surface area contributed by atoms with Gasteiger partial charge in [0.05, 0.1) is 17.2 Å². The van der Waals surface area contributed by atoms with Crippen molar-refractivity contribution in [2.75, 3.05) is 11.9 Å². The standard InChI is InChI=1S/C18H20F2N4O2S/c1-10(9-25)23-27-16-11(2)15(24-7-3-4-14(16)24)18(26)22-12-5-6-21-13(8-12)17(19)20/h3-6,8,10,17,23,25H,7,9H2,1-2H3,(H,21,22,26). The Kier molecular flexibility index (Phi) is 5.93. The fourth-order valence-corrected chi connectivity index (χ4v) is 3.75. The number of aliphatic hydroxyl groups excluding tert-OH is 1. The van der Waals surface area contributed by atoms with Crippen LogP contribution in [-0.2, 0) is 6.54 Å². The van der Waals surface area contributed by atoms with Gasteiger partial charge in [0.25, 0.3) is 12.3 Å². The van der Waals surface area contributed by atoms with Gasteiger partial charge in [-0.1, -0.05) is 6.08 Å². The lowest BCUT2D eigenvalue weighted by Gasteiger charge is -2.10. The van der Waals surface area contributed by atoms with Gasteiger partial charge in [-0.3, -0.25) is 14.5 Å². The second-order valence-electron chi connectivity index (χ2n) is 6.23. The monoisotopic (exact) mass is 394 g/mol. The number of aromatic nitrogens is 2. The third-order valence-corrected chi connectivity index (χ3v) is 5.41. The number of allylic oxidation sites excluding steroid dienone is 1. The number of hydrogen-bond acceptors (Lipinski definition) is 5. The van der Waals surface area contributed by atoms with E-state index >= 15 is 0 Å². The van der Waals surface area contributed by atoms with E-state index in [1.807, 2.05) is 30.6 Å². The molecule has 0 fully saturated rings. The Morgan fingerprint density at radius 1 is 1.48 bits per heavy atom. The van der Waals surface area contributed by atoms with Crippen LogP contribution in [0.5, 0.6) is 0 Å². The molecule has 1 unspecified atom stereocenters. The first-order chi connectivity index (χ1) is 12.9. The topological polar surface area (TPSA) is 79.2 Å². The molecular formula is C18H20F2N4O2S. The van der Waals surface area contributed by atoms with E-state index in [0.29, 0.717) is 12.2 Å². The quantitative estimate of drug-likeness (QED) is 0.628. The zero-order valence-electron chi connectivity index (χ0n) is 14.9.